The molecule has 0 radical (unpaired) electrons. The number of alkyl carbamates (subject to hydrolysis) is 1. The van der Waals surface area contributed by atoms with Gasteiger partial charge in [0.05, 0.1) is 0 Å². The van der Waals surface area contributed by atoms with Crippen molar-refractivity contribution in [2.75, 3.05) is 0 Å². The van der Waals surface area contributed by atoms with Gasteiger partial charge in [0.2, 0.25) is 11.8 Å². The topological polar surface area (TPSA) is 134 Å². The number of hydrogen-bond acceptors (Lipinski definition) is 7. The van der Waals surface area contributed by atoms with Crippen molar-refractivity contribution in [2.45, 2.75) is 123 Å². The summed E-state index contributed by atoms with van der Waals surface area (Å²) in [5.41, 5.74) is -0.102. The number of nitrogens with zero attached hydrogens (tertiary/aromatic N) is 1. The second kappa shape index (κ2) is 16.9. The van der Waals surface area contributed by atoms with Crippen LogP contribution in [0.15, 0.2) is 78.9 Å². The first-order chi connectivity index (χ1) is 23.7. The number of aromatic hydroxyl groups is 1. The summed E-state index contributed by atoms with van der Waals surface area (Å²) < 4.78 is 11.3. The first-order valence-electron chi connectivity index (χ1n) is 17.4. The zero-order chi connectivity index (χ0) is 38.1. The van der Waals surface area contributed by atoms with E-state index in [-0.39, 0.29) is 18.6 Å². The summed E-state index contributed by atoms with van der Waals surface area (Å²) in [6.45, 7) is 17.8. The van der Waals surface area contributed by atoms with Gasteiger partial charge in [-0.1, -0.05) is 73.7 Å². The molecular weight excluding hydrogens is 646 g/mol. The van der Waals surface area contributed by atoms with Gasteiger partial charge in [-0.2, -0.15) is 0 Å². The van der Waals surface area contributed by atoms with Crippen LogP contribution in [0.1, 0.15) is 97.0 Å². The number of amides is 3. The molecule has 3 unspecified atom stereocenters. The maximum Gasteiger partial charge on any atom is 0.408 e. The molecule has 3 amide bonds. The van der Waals surface area contributed by atoms with Crippen LogP contribution >= 0.6 is 0 Å². The minimum atomic E-state index is -1.29. The number of carbonyl (C=O) groups is 4. The number of hydrogen-bond donors (Lipinski definition) is 3. The van der Waals surface area contributed by atoms with Gasteiger partial charge in [-0.05, 0) is 103 Å². The van der Waals surface area contributed by atoms with Gasteiger partial charge in [0, 0.05) is 18.4 Å². The van der Waals surface area contributed by atoms with Gasteiger partial charge in [0.25, 0.3) is 0 Å². The molecule has 3 N–H and O–H groups in total. The van der Waals surface area contributed by atoms with Crippen LogP contribution in [0, 0.1) is 6.92 Å². The molecule has 3 atom stereocenters. The van der Waals surface area contributed by atoms with Crippen molar-refractivity contribution < 1.29 is 33.8 Å². The van der Waals surface area contributed by atoms with Gasteiger partial charge < -0.3 is 30.1 Å². The molecule has 276 valence electrons. The smallest absolute Gasteiger partial charge is 0.408 e. The molecule has 3 rings (SSSR count). The number of phenolic OH excluding ortho intramolecular Hbond substituents is 1. The Hall–Kier alpha value is -4.86. The van der Waals surface area contributed by atoms with Crippen molar-refractivity contribution in [3.63, 3.8) is 0 Å². The van der Waals surface area contributed by atoms with E-state index < -0.39 is 58.7 Å². The van der Waals surface area contributed by atoms with E-state index in [1.165, 1.54) is 11.0 Å². The minimum Gasteiger partial charge on any atom is -0.508 e. The Labute approximate surface area is 302 Å². The van der Waals surface area contributed by atoms with E-state index in [9.17, 15) is 19.5 Å². The fourth-order valence-electron chi connectivity index (χ4n) is 5.55. The molecule has 51 heavy (non-hydrogen) atoms. The quantitative estimate of drug-likeness (QED) is 0.164. The Bertz CT molecular complexity index is 1640. The fourth-order valence-corrected chi connectivity index (χ4v) is 5.55. The molecule has 3 aromatic carbocycles. The normalized spacial score (nSPS) is 13.7. The summed E-state index contributed by atoms with van der Waals surface area (Å²) in [5.74, 6) is -1.76. The van der Waals surface area contributed by atoms with Gasteiger partial charge in [-0.3, -0.25) is 9.59 Å². The molecular formula is C41H55N3O7. The van der Waals surface area contributed by atoms with Crippen LogP contribution in [-0.4, -0.2) is 62.7 Å². The second-order valence-electron chi connectivity index (χ2n) is 15.5. The number of rotatable bonds is 13. The molecule has 0 aliphatic heterocycles. The summed E-state index contributed by atoms with van der Waals surface area (Å²) in [7, 11) is 0. The summed E-state index contributed by atoms with van der Waals surface area (Å²) in [6.07, 6.45) is -0.0819. The Morgan fingerprint density at radius 1 is 0.725 bits per heavy atom. The highest BCUT2D eigenvalue weighted by Gasteiger charge is 2.44. The molecule has 0 saturated carbocycles. The van der Waals surface area contributed by atoms with Crippen LogP contribution in [0.25, 0.3) is 0 Å². The summed E-state index contributed by atoms with van der Waals surface area (Å²) in [5, 5.41) is 16.2. The van der Waals surface area contributed by atoms with Gasteiger partial charge in [-0.15, -0.1) is 0 Å². The zero-order valence-corrected chi connectivity index (χ0v) is 31.7. The van der Waals surface area contributed by atoms with Crippen molar-refractivity contribution in [3.05, 3.63) is 101 Å². The highest BCUT2D eigenvalue weighted by Crippen LogP contribution is 2.34. The van der Waals surface area contributed by atoms with Gasteiger partial charge >= 0.3 is 12.1 Å². The number of esters is 1. The third kappa shape index (κ3) is 12.2. The molecule has 0 bridgehead atoms. The number of nitrogens with one attached hydrogen (secondary N) is 2. The van der Waals surface area contributed by atoms with Crippen molar-refractivity contribution in [1.29, 1.82) is 0 Å². The SMILES string of the molecule is CCC(C)(C)N(C(=O)C(Cc1ccccc1)NC(=O)OC(C)(C)C)C(C(=O)NC(Cc1ccccc1)C(=O)OC(C)(C)C)c1ccc(O)c(C)c1. The number of benzene rings is 3. The molecule has 3 aromatic rings. The van der Waals surface area contributed by atoms with E-state index in [0.717, 1.165) is 11.1 Å². The maximum absolute atomic E-state index is 15.1. The Morgan fingerprint density at radius 2 is 1.24 bits per heavy atom. The van der Waals surface area contributed by atoms with E-state index in [4.69, 9.17) is 9.47 Å². The monoisotopic (exact) mass is 701 g/mol. The van der Waals surface area contributed by atoms with Crippen molar-refractivity contribution in [1.82, 2.24) is 15.5 Å². The number of aryl methyl sites for hydroxylation is 1. The Kier molecular flexibility index (Phi) is 13.4. The molecule has 0 aliphatic carbocycles. The van der Waals surface area contributed by atoms with Crippen molar-refractivity contribution in [3.8, 4) is 5.75 Å². The molecule has 10 nitrogen and oxygen atoms in total. The Balaban J connectivity index is 2.20. The van der Waals surface area contributed by atoms with E-state index in [0.29, 0.717) is 17.5 Å². The third-order valence-electron chi connectivity index (χ3n) is 8.36. The summed E-state index contributed by atoms with van der Waals surface area (Å²) in [6, 6.07) is 19.7. The molecule has 10 heteroatoms. The zero-order valence-electron chi connectivity index (χ0n) is 31.7. The van der Waals surface area contributed by atoms with E-state index in [1.807, 2.05) is 81.4 Å². The average Bonchev–Trinajstić information content (AvgIpc) is 3.03. The molecule has 0 saturated heterocycles. The van der Waals surface area contributed by atoms with Crippen LogP contribution in [0.5, 0.6) is 5.75 Å². The number of carbonyl (C=O) groups excluding carboxylic acids is 4. The number of phenols is 1. The number of ether oxygens (including phenoxy) is 2. The lowest BCUT2D eigenvalue weighted by atomic mass is 9.90. The molecule has 0 fully saturated rings. The first-order valence-corrected chi connectivity index (χ1v) is 17.4. The largest absolute Gasteiger partial charge is 0.508 e. The van der Waals surface area contributed by atoms with E-state index in [2.05, 4.69) is 10.6 Å². The highest BCUT2D eigenvalue weighted by molar-refractivity contribution is 5.94. The van der Waals surface area contributed by atoms with Gasteiger partial charge in [-0.25, -0.2) is 9.59 Å². The van der Waals surface area contributed by atoms with Crippen molar-refractivity contribution >= 4 is 23.9 Å². The summed E-state index contributed by atoms with van der Waals surface area (Å²) >= 11 is 0. The third-order valence-corrected chi connectivity index (χ3v) is 8.36. The highest BCUT2D eigenvalue weighted by atomic mass is 16.6. The summed E-state index contributed by atoms with van der Waals surface area (Å²) in [4.78, 5) is 58.2. The van der Waals surface area contributed by atoms with E-state index in [1.54, 1.807) is 60.6 Å². The lowest BCUT2D eigenvalue weighted by molar-refractivity contribution is -0.159. The van der Waals surface area contributed by atoms with Crippen LogP contribution in [0.2, 0.25) is 0 Å². The standard InChI is InChI=1S/C41H55N3O7/c1-11-41(9,10)44(36(47)31(25-28-18-14-12-15-19-28)43-38(49)51-40(6,7)8)34(30-22-23-33(45)27(2)24-30)35(46)42-32(37(48)50-39(3,4)5)26-29-20-16-13-17-21-29/h12-24,31-32,34,45H,11,25-26H2,1-10H3,(H,42,46)(H,43,49). The Morgan fingerprint density at radius 3 is 1.71 bits per heavy atom. The lowest BCUT2D eigenvalue weighted by Gasteiger charge is -2.45. The van der Waals surface area contributed by atoms with Crippen LogP contribution in [0.4, 0.5) is 4.79 Å². The predicted molar refractivity (Wildman–Crippen MR) is 198 cm³/mol. The maximum atomic E-state index is 15.1. The fraction of sp³-hybridized carbons (Fsp3) is 0.463. The van der Waals surface area contributed by atoms with Gasteiger partial charge in [0.15, 0.2) is 0 Å². The molecule has 0 heterocycles. The van der Waals surface area contributed by atoms with Crippen LogP contribution in [0.3, 0.4) is 0 Å². The first kappa shape index (κ1) is 40.6. The van der Waals surface area contributed by atoms with E-state index >= 15 is 4.79 Å². The predicted octanol–water partition coefficient (Wildman–Crippen LogP) is 6.96. The average molecular weight is 702 g/mol. The van der Waals surface area contributed by atoms with Crippen molar-refractivity contribution in [2.24, 2.45) is 0 Å². The lowest BCUT2D eigenvalue weighted by Crippen LogP contribution is -2.60. The minimum absolute atomic E-state index is 0.0230. The molecule has 0 aromatic heterocycles. The van der Waals surface area contributed by atoms with Crippen LogP contribution < -0.4 is 10.6 Å². The van der Waals surface area contributed by atoms with Gasteiger partial charge in [0.1, 0.15) is 35.1 Å². The molecule has 0 aliphatic rings. The second-order valence-corrected chi connectivity index (χ2v) is 15.5. The molecule has 0 spiro atoms. The van der Waals surface area contributed by atoms with Crippen LogP contribution in [-0.2, 0) is 36.7 Å².